The van der Waals surface area contributed by atoms with Gasteiger partial charge in [-0.25, -0.2) is 0 Å². The Balaban J connectivity index is 2.33. The first-order valence-electron chi connectivity index (χ1n) is 5.37. The minimum Gasteiger partial charge on any atom is -0.327 e. The van der Waals surface area contributed by atoms with Crippen molar-refractivity contribution < 1.29 is 0 Å². The fourth-order valence-electron chi connectivity index (χ4n) is 1.31. The summed E-state index contributed by atoms with van der Waals surface area (Å²) in [6.07, 6.45) is 3.53. The lowest BCUT2D eigenvalue weighted by Crippen LogP contribution is -2.22. The molecule has 0 bridgehead atoms. The summed E-state index contributed by atoms with van der Waals surface area (Å²) in [4.78, 5) is 1.13. The van der Waals surface area contributed by atoms with E-state index in [-0.39, 0.29) is 6.04 Å². The van der Waals surface area contributed by atoms with E-state index in [4.69, 9.17) is 17.3 Å². The lowest BCUT2D eigenvalue weighted by Gasteiger charge is -2.10. The minimum atomic E-state index is 0.284. The molecular weight excluding hydrogens is 226 g/mol. The molecule has 1 rings (SSSR count). The van der Waals surface area contributed by atoms with Crippen molar-refractivity contribution in [1.29, 1.82) is 0 Å². The summed E-state index contributed by atoms with van der Waals surface area (Å²) in [5.41, 5.74) is 5.99. The number of benzene rings is 1. The normalized spacial score (nSPS) is 12.7. The molecule has 2 N–H and O–H groups in total. The molecule has 0 radical (unpaired) electrons. The molecule has 0 fully saturated rings. The Kier molecular flexibility index (Phi) is 6.15. The maximum atomic E-state index is 6.05. The maximum Gasteiger partial charge on any atom is 0.0541 e. The van der Waals surface area contributed by atoms with E-state index in [1.165, 1.54) is 12.8 Å². The van der Waals surface area contributed by atoms with Crippen LogP contribution in [0, 0.1) is 0 Å². The number of halogens is 1. The van der Waals surface area contributed by atoms with E-state index in [0.717, 1.165) is 22.1 Å². The van der Waals surface area contributed by atoms with Crippen LogP contribution >= 0.6 is 23.4 Å². The van der Waals surface area contributed by atoms with E-state index >= 15 is 0 Å². The standard InChI is InChI=1S/C12H18ClNS/c1-2-3-6-10(14)9-15-12-8-5-4-7-11(12)13/h4-5,7-8,10H,2-3,6,9,14H2,1H3. The average molecular weight is 244 g/mol. The first kappa shape index (κ1) is 12.9. The summed E-state index contributed by atoms with van der Waals surface area (Å²) in [7, 11) is 0. The molecule has 0 aliphatic rings. The van der Waals surface area contributed by atoms with E-state index < -0.39 is 0 Å². The zero-order chi connectivity index (χ0) is 11.1. The van der Waals surface area contributed by atoms with Crippen LogP contribution in [0.2, 0.25) is 5.02 Å². The van der Waals surface area contributed by atoms with Gasteiger partial charge in [-0.15, -0.1) is 11.8 Å². The van der Waals surface area contributed by atoms with Gasteiger partial charge in [-0.05, 0) is 18.6 Å². The highest BCUT2D eigenvalue weighted by Crippen LogP contribution is 2.27. The predicted molar refractivity (Wildman–Crippen MR) is 69.7 cm³/mol. The van der Waals surface area contributed by atoms with Gasteiger partial charge in [-0.3, -0.25) is 0 Å². The van der Waals surface area contributed by atoms with Gasteiger partial charge < -0.3 is 5.73 Å². The molecule has 0 heterocycles. The third-order valence-corrected chi connectivity index (χ3v) is 3.92. The molecule has 1 nitrogen and oxygen atoms in total. The molecule has 0 spiro atoms. The molecule has 1 atom stereocenters. The van der Waals surface area contributed by atoms with Crippen LogP contribution in [-0.2, 0) is 0 Å². The molecule has 0 saturated carbocycles. The lowest BCUT2D eigenvalue weighted by molar-refractivity contribution is 0.622. The maximum absolute atomic E-state index is 6.05. The van der Waals surface area contributed by atoms with Crippen molar-refractivity contribution in [1.82, 2.24) is 0 Å². The smallest absolute Gasteiger partial charge is 0.0541 e. The Morgan fingerprint density at radius 1 is 1.40 bits per heavy atom. The number of hydrogen-bond donors (Lipinski definition) is 1. The van der Waals surface area contributed by atoms with Crippen molar-refractivity contribution >= 4 is 23.4 Å². The van der Waals surface area contributed by atoms with E-state index in [1.54, 1.807) is 11.8 Å². The highest BCUT2D eigenvalue weighted by molar-refractivity contribution is 7.99. The van der Waals surface area contributed by atoms with Crippen LogP contribution in [0.25, 0.3) is 0 Å². The number of unbranched alkanes of at least 4 members (excludes halogenated alkanes) is 1. The first-order valence-corrected chi connectivity index (χ1v) is 6.73. The van der Waals surface area contributed by atoms with Crippen LogP contribution in [0.15, 0.2) is 29.2 Å². The van der Waals surface area contributed by atoms with Gasteiger partial charge in [0, 0.05) is 16.7 Å². The SMILES string of the molecule is CCCCC(N)CSc1ccccc1Cl. The third-order valence-electron chi connectivity index (χ3n) is 2.22. The second-order valence-electron chi connectivity index (χ2n) is 3.64. The Hall–Kier alpha value is -0.180. The molecule has 0 aliphatic carbocycles. The monoisotopic (exact) mass is 243 g/mol. The molecule has 15 heavy (non-hydrogen) atoms. The highest BCUT2D eigenvalue weighted by Gasteiger charge is 2.04. The van der Waals surface area contributed by atoms with E-state index in [2.05, 4.69) is 6.92 Å². The number of thioether (sulfide) groups is 1. The lowest BCUT2D eigenvalue weighted by atomic mass is 10.2. The third kappa shape index (κ3) is 4.92. The summed E-state index contributed by atoms with van der Waals surface area (Å²) in [5.74, 6) is 0.948. The molecule has 0 aromatic heterocycles. The van der Waals surface area contributed by atoms with Crippen LogP contribution in [0.5, 0.6) is 0 Å². The molecule has 1 aromatic rings. The van der Waals surface area contributed by atoms with Crippen LogP contribution in [0.3, 0.4) is 0 Å². The van der Waals surface area contributed by atoms with Crippen LogP contribution in [0.1, 0.15) is 26.2 Å². The summed E-state index contributed by atoms with van der Waals surface area (Å²) in [6, 6.07) is 8.20. The second kappa shape index (κ2) is 7.15. The fraction of sp³-hybridized carbons (Fsp3) is 0.500. The van der Waals surface area contributed by atoms with Gasteiger partial charge in [0.15, 0.2) is 0 Å². The Labute approximate surface area is 101 Å². The first-order chi connectivity index (χ1) is 7.24. The molecule has 1 unspecified atom stereocenters. The van der Waals surface area contributed by atoms with Gasteiger partial charge in [-0.2, -0.15) is 0 Å². The molecule has 0 saturated heterocycles. The van der Waals surface area contributed by atoms with Gasteiger partial charge in [0.2, 0.25) is 0 Å². The molecule has 1 aromatic carbocycles. The average Bonchev–Trinajstić information content (AvgIpc) is 2.25. The number of nitrogens with two attached hydrogens (primary N) is 1. The summed E-state index contributed by atoms with van der Waals surface area (Å²) in [6.45, 7) is 2.19. The summed E-state index contributed by atoms with van der Waals surface area (Å²) in [5, 5.41) is 0.824. The van der Waals surface area contributed by atoms with Gasteiger partial charge in [0.1, 0.15) is 0 Å². The van der Waals surface area contributed by atoms with E-state index in [0.29, 0.717) is 0 Å². The van der Waals surface area contributed by atoms with Crippen molar-refractivity contribution in [2.45, 2.75) is 37.1 Å². The van der Waals surface area contributed by atoms with E-state index in [9.17, 15) is 0 Å². The van der Waals surface area contributed by atoms with Crippen molar-refractivity contribution in [3.05, 3.63) is 29.3 Å². The summed E-state index contributed by atoms with van der Waals surface area (Å²) >= 11 is 7.80. The molecule has 0 amide bonds. The largest absolute Gasteiger partial charge is 0.327 e. The predicted octanol–water partition coefficient (Wildman–Crippen LogP) is 3.95. The zero-order valence-electron chi connectivity index (χ0n) is 9.08. The Bertz CT molecular complexity index is 291. The molecule has 3 heteroatoms. The van der Waals surface area contributed by atoms with Crippen LogP contribution in [0.4, 0.5) is 0 Å². The van der Waals surface area contributed by atoms with Gasteiger partial charge in [-0.1, -0.05) is 43.5 Å². The molecular formula is C12H18ClNS. The van der Waals surface area contributed by atoms with Crippen LogP contribution < -0.4 is 5.73 Å². The molecule has 0 aliphatic heterocycles. The zero-order valence-corrected chi connectivity index (χ0v) is 10.7. The van der Waals surface area contributed by atoms with Crippen molar-refractivity contribution in [3.63, 3.8) is 0 Å². The van der Waals surface area contributed by atoms with Crippen molar-refractivity contribution in [2.24, 2.45) is 5.73 Å². The van der Waals surface area contributed by atoms with Crippen molar-refractivity contribution in [3.8, 4) is 0 Å². The minimum absolute atomic E-state index is 0.284. The van der Waals surface area contributed by atoms with Gasteiger partial charge in [0.25, 0.3) is 0 Å². The Morgan fingerprint density at radius 3 is 2.80 bits per heavy atom. The summed E-state index contributed by atoms with van der Waals surface area (Å²) < 4.78 is 0. The molecule has 84 valence electrons. The van der Waals surface area contributed by atoms with Gasteiger partial charge in [0.05, 0.1) is 5.02 Å². The quantitative estimate of drug-likeness (QED) is 0.766. The number of hydrogen-bond acceptors (Lipinski definition) is 2. The van der Waals surface area contributed by atoms with Crippen molar-refractivity contribution in [2.75, 3.05) is 5.75 Å². The van der Waals surface area contributed by atoms with Gasteiger partial charge >= 0.3 is 0 Å². The number of rotatable bonds is 6. The topological polar surface area (TPSA) is 26.0 Å². The fourth-order valence-corrected chi connectivity index (χ4v) is 2.55. The second-order valence-corrected chi connectivity index (χ2v) is 5.11. The highest BCUT2D eigenvalue weighted by atomic mass is 35.5. The Morgan fingerprint density at radius 2 is 2.13 bits per heavy atom. The van der Waals surface area contributed by atoms with Crippen LogP contribution in [-0.4, -0.2) is 11.8 Å². The van der Waals surface area contributed by atoms with E-state index in [1.807, 2.05) is 24.3 Å².